The van der Waals surface area contributed by atoms with Crippen molar-refractivity contribution in [2.75, 3.05) is 13.2 Å². The lowest BCUT2D eigenvalue weighted by Gasteiger charge is -2.08. The zero-order chi connectivity index (χ0) is 15.6. The molecule has 0 spiro atoms. The topological polar surface area (TPSA) is 40.0 Å². The molecule has 0 saturated carbocycles. The van der Waals surface area contributed by atoms with Gasteiger partial charge >= 0.3 is 0 Å². The monoisotopic (exact) mass is 299 g/mol. The number of benzene rings is 2. The highest BCUT2D eigenvalue weighted by atomic mass is 16.6. The predicted molar refractivity (Wildman–Crippen MR) is 87.7 cm³/mol. The Kier molecular flexibility index (Phi) is 6.30. The maximum absolute atomic E-state index is 5.71. The second-order valence-electron chi connectivity index (χ2n) is 5.07. The molecule has 0 aromatic heterocycles. The SMILES string of the molecule is CC(C)/C=N/OCCOc1ccc(Oc2ccccc2)cc1. The van der Waals surface area contributed by atoms with Crippen molar-refractivity contribution in [3.05, 3.63) is 54.6 Å². The molecule has 0 aliphatic heterocycles. The van der Waals surface area contributed by atoms with Gasteiger partial charge < -0.3 is 14.3 Å². The molecular formula is C18H21NO3. The smallest absolute Gasteiger partial charge is 0.151 e. The van der Waals surface area contributed by atoms with Gasteiger partial charge in [0.2, 0.25) is 0 Å². The molecule has 0 unspecified atom stereocenters. The summed E-state index contributed by atoms with van der Waals surface area (Å²) < 4.78 is 11.3. The third-order valence-electron chi connectivity index (χ3n) is 2.68. The largest absolute Gasteiger partial charge is 0.490 e. The predicted octanol–water partition coefficient (Wildman–Crippen LogP) is 4.52. The zero-order valence-electron chi connectivity index (χ0n) is 12.9. The van der Waals surface area contributed by atoms with E-state index in [2.05, 4.69) is 5.16 Å². The van der Waals surface area contributed by atoms with E-state index >= 15 is 0 Å². The van der Waals surface area contributed by atoms with Crippen LogP contribution in [0.2, 0.25) is 0 Å². The third-order valence-corrected chi connectivity index (χ3v) is 2.68. The second kappa shape index (κ2) is 8.72. The molecule has 22 heavy (non-hydrogen) atoms. The summed E-state index contributed by atoms with van der Waals surface area (Å²) in [6.45, 7) is 4.96. The Balaban J connectivity index is 1.73. The van der Waals surface area contributed by atoms with Gasteiger partial charge in [0, 0.05) is 6.21 Å². The molecule has 0 fully saturated rings. The summed E-state index contributed by atoms with van der Waals surface area (Å²) in [6.07, 6.45) is 1.76. The van der Waals surface area contributed by atoms with Crippen molar-refractivity contribution < 1.29 is 14.3 Å². The Bertz CT molecular complexity index is 565. The number of oxime groups is 1. The lowest BCUT2D eigenvalue weighted by Crippen LogP contribution is -2.04. The van der Waals surface area contributed by atoms with Gasteiger partial charge in [-0.3, -0.25) is 0 Å². The van der Waals surface area contributed by atoms with Crippen molar-refractivity contribution in [1.29, 1.82) is 0 Å². The van der Waals surface area contributed by atoms with Crippen LogP contribution in [0.3, 0.4) is 0 Å². The van der Waals surface area contributed by atoms with E-state index in [1.54, 1.807) is 6.21 Å². The molecule has 2 aromatic rings. The number of para-hydroxylation sites is 1. The first kappa shape index (κ1) is 15.9. The van der Waals surface area contributed by atoms with E-state index in [4.69, 9.17) is 14.3 Å². The lowest BCUT2D eigenvalue weighted by atomic mass is 10.3. The average Bonchev–Trinajstić information content (AvgIpc) is 2.53. The minimum Gasteiger partial charge on any atom is -0.490 e. The molecule has 0 bridgehead atoms. The first-order valence-corrected chi connectivity index (χ1v) is 7.35. The van der Waals surface area contributed by atoms with E-state index in [1.165, 1.54) is 0 Å². The van der Waals surface area contributed by atoms with Gasteiger partial charge in [0.25, 0.3) is 0 Å². The maximum atomic E-state index is 5.71. The normalized spacial score (nSPS) is 10.9. The van der Waals surface area contributed by atoms with Crippen LogP contribution in [-0.4, -0.2) is 19.4 Å². The first-order valence-electron chi connectivity index (χ1n) is 7.35. The number of hydrogen-bond acceptors (Lipinski definition) is 4. The van der Waals surface area contributed by atoms with Crippen LogP contribution in [0.5, 0.6) is 17.2 Å². The van der Waals surface area contributed by atoms with Crippen molar-refractivity contribution >= 4 is 6.21 Å². The third kappa shape index (κ3) is 5.87. The summed E-state index contributed by atoms with van der Waals surface area (Å²) in [5.74, 6) is 2.75. The van der Waals surface area contributed by atoms with Gasteiger partial charge in [-0.15, -0.1) is 0 Å². The van der Waals surface area contributed by atoms with Crippen molar-refractivity contribution in [3.8, 4) is 17.2 Å². The average molecular weight is 299 g/mol. The summed E-state index contributed by atoms with van der Waals surface area (Å²) in [6, 6.07) is 17.2. The number of hydrogen-bond donors (Lipinski definition) is 0. The lowest BCUT2D eigenvalue weighted by molar-refractivity contribution is 0.107. The highest BCUT2D eigenvalue weighted by Crippen LogP contribution is 2.23. The van der Waals surface area contributed by atoms with E-state index in [0.29, 0.717) is 19.1 Å². The molecule has 0 aliphatic carbocycles. The molecule has 4 nitrogen and oxygen atoms in total. The Morgan fingerprint density at radius 1 is 0.864 bits per heavy atom. The van der Waals surface area contributed by atoms with Gasteiger partial charge in [-0.1, -0.05) is 37.2 Å². The molecule has 116 valence electrons. The van der Waals surface area contributed by atoms with Gasteiger partial charge in [0.15, 0.2) is 6.61 Å². The fourth-order valence-corrected chi connectivity index (χ4v) is 1.64. The van der Waals surface area contributed by atoms with Crippen molar-refractivity contribution in [1.82, 2.24) is 0 Å². The van der Waals surface area contributed by atoms with E-state index in [1.807, 2.05) is 68.4 Å². The van der Waals surface area contributed by atoms with Gasteiger partial charge in [-0.05, 0) is 42.3 Å². The Morgan fingerprint density at radius 2 is 1.50 bits per heavy atom. The van der Waals surface area contributed by atoms with Crippen LogP contribution in [0.15, 0.2) is 59.8 Å². The van der Waals surface area contributed by atoms with Crippen molar-refractivity contribution in [2.24, 2.45) is 11.1 Å². The van der Waals surface area contributed by atoms with Crippen LogP contribution in [-0.2, 0) is 4.84 Å². The van der Waals surface area contributed by atoms with Crippen LogP contribution < -0.4 is 9.47 Å². The first-order chi connectivity index (χ1) is 10.7. The molecule has 2 rings (SSSR count). The van der Waals surface area contributed by atoms with E-state index in [9.17, 15) is 0 Å². The molecule has 0 heterocycles. The van der Waals surface area contributed by atoms with E-state index in [0.717, 1.165) is 17.2 Å². The standard InChI is InChI=1S/C18H21NO3/c1-15(2)14-19-21-13-12-20-16-8-10-18(11-9-16)22-17-6-4-3-5-7-17/h3-11,14-15H,12-13H2,1-2H3/b19-14+. The van der Waals surface area contributed by atoms with Gasteiger partial charge in [-0.25, -0.2) is 0 Å². The Hall–Kier alpha value is -2.49. The van der Waals surface area contributed by atoms with Crippen LogP contribution >= 0.6 is 0 Å². The van der Waals surface area contributed by atoms with E-state index in [-0.39, 0.29) is 0 Å². The molecule has 0 amide bonds. The molecule has 4 heteroatoms. The molecular weight excluding hydrogens is 278 g/mol. The molecule has 0 radical (unpaired) electrons. The Labute approximate surface area is 131 Å². The fourth-order valence-electron chi connectivity index (χ4n) is 1.64. The molecule has 0 atom stereocenters. The number of nitrogens with zero attached hydrogens (tertiary/aromatic N) is 1. The highest BCUT2D eigenvalue weighted by molar-refractivity contribution is 5.58. The summed E-state index contributed by atoms with van der Waals surface area (Å²) in [7, 11) is 0. The van der Waals surface area contributed by atoms with E-state index < -0.39 is 0 Å². The summed E-state index contributed by atoms with van der Waals surface area (Å²) in [5.41, 5.74) is 0. The molecule has 0 N–H and O–H groups in total. The molecule has 0 aliphatic rings. The van der Waals surface area contributed by atoms with Crippen LogP contribution in [0.1, 0.15) is 13.8 Å². The minimum atomic E-state index is 0.387. The minimum absolute atomic E-state index is 0.387. The second-order valence-corrected chi connectivity index (χ2v) is 5.07. The maximum Gasteiger partial charge on any atom is 0.151 e. The fraction of sp³-hybridized carbons (Fsp3) is 0.278. The van der Waals surface area contributed by atoms with Crippen LogP contribution in [0, 0.1) is 5.92 Å². The van der Waals surface area contributed by atoms with Gasteiger partial charge in [0.1, 0.15) is 23.9 Å². The number of ether oxygens (including phenoxy) is 2. The zero-order valence-corrected chi connectivity index (χ0v) is 12.9. The van der Waals surface area contributed by atoms with Crippen LogP contribution in [0.25, 0.3) is 0 Å². The quantitative estimate of drug-likeness (QED) is 0.409. The van der Waals surface area contributed by atoms with Crippen molar-refractivity contribution in [3.63, 3.8) is 0 Å². The summed E-state index contributed by atoms with van der Waals surface area (Å²) in [4.78, 5) is 5.09. The molecule has 0 saturated heterocycles. The number of rotatable bonds is 8. The van der Waals surface area contributed by atoms with Gasteiger partial charge in [0.05, 0.1) is 0 Å². The van der Waals surface area contributed by atoms with Crippen molar-refractivity contribution in [2.45, 2.75) is 13.8 Å². The summed E-state index contributed by atoms with van der Waals surface area (Å²) in [5, 5.41) is 3.84. The summed E-state index contributed by atoms with van der Waals surface area (Å²) >= 11 is 0. The highest BCUT2D eigenvalue weighted by Gasteiger charge is 1.98. The molecule has 2 aromatic carbocycles. The Morgan fingerprint density at radius 3 is 2.18 bits per heavy atom. The van der Waals surface area contributed by atoms with Gasteiger partial charge in [-0.2, -0.15) is 0 Å². The van der Waals surface area contributed by atoms with Crippen LogP contribution in [0.4, 0.5) is 0 Å².